The fourth-order valence-corrected chi connectivity index (χ4v) is 4.26. The Morgan fingerprint density at radius 1 is 1.16 bits per heavy atom. The number of amides is 2. The van der Waals surface area contributed by atoms with Crippen LogP contribution in [0.3, 0.4) is 0 Å². The first kappa shape index (κ1) is 23.7. The maximum Gasteiger partial charge on any atom is 0.226 e. The number of thiazole rings is 1. The Kier molecular flexibility index (Phi) is 7.80. The highest BCUT2D eigenvalue weighted by Gasteiger charge is 2.15. The van der Waals surface area contributed by atoms with Gasteiger partial charge in [-0.1, -0.05) is 38.1 Å². The molecule has 8 heteroatoms. The Morgan fingerprint density at radius 3 is 2.53 bits per heavy atom. The molecule has 3 rings (SSSR count). The van der Waals surface area contributed by atoms with Crippen molar-refractivity contribution in [2.75, 3.05) is 5.32 Å². The Hall–Kier alpha value is -3.00. The summed E-state index contributed by atoms with van der Waals surface area (Å²) in [4.78, 5) is 28.1. The molecule has 0 fully saturated rings. The lowest BCUT2D eigenvalue weighted by atomic mass is 10.1. The van der Waals surface area contributed by atoms with E-state index in [2.05, 4.69) is 41.5 Å². The molecule has 0 unspecified atom stereocenters. The second-order valence-corrected chi connectivity index (χ2v) is 9.28. The van der Waals surface area contributed by atoms with Crippen molar-refractivity contribution in [2.45, 2.75) is 60.5 Å². The predicted molar refractivity (Wildman–Crippen MR) is 129 cm³/mol. The van der Waals surface area contributed by atoms with Gasteiger partial charge in [0.1, 0.15) is 0 Å². The number of aryl methyl sites for hydroxylation is 1. The molecule has 1 aromatic carbocycles. The Balaban J connectivity index is 1.56. The molecule has 0 atom stereocenters. The normalized spacial score (nSPS) is 11.1. The van der Waals surface area contributed by atoms with Gasteiger partial charge in [0.15, 0.2) is 5.13 Å². The quantitative estimate of drug-likeness (QED) is 0.500. The van der Waals surface area contributed by atoms with Crippen LogP contribution in [-0.4, -0.2) is 26.6 Å². The van der Waals surface area contributed by atoms with E-state index in [1.807, 2.05) is 41.3 Å². The molecule has 0 bridgehead atoms. The minimum Gasteiger partial charge on any atom is -0.352 e. The van der Waals surface area contributed by atoms with Crippen molar-refractivity contribution in [1.29, 1.82) is 0 Å². The molecule has 0 saturated heterocycles. The number of hydrogen-bond donors (Lipinski definition) is 2. The summed E-state index contributed by atoms with van der Waals surface area (Å²) in [6, 6.07) is 7.87. The van der Waals surface area contributed by atoms with E-state index in [-0.39, 0.29) is 11.8 Å². The van der Waals surface area contributed by atoms with Crippen molar-refractivity contribution in [3.05, 3.63) is 52.2 Å². The zero-order valence-corrected chi connectivity index (χ0v) is 20.2. The van der Waals surface area contributed by atoms with E-state index in [0.717, 1.165) is 40.3 Å². The van der Waals surface area contributed by atoms with E-state index >= 15 is 0 Å². The van der Waals surface area contributed by atoms with Crippen molar-refractivity contribution in [3.8, 4) is 11.3 Å². The number of hydrogen-bond acceptors (Lipinski definition) is 5. The SMILES string of the molecule is CC(=O)NCc1ccc(-c2csc(NC(=O)CCc3c(C)nn(CC(C)C)c3C)n2)cc1. The molecular formula is C24H31N5O2S. The van der Waals surface area contributed by atoms with Gasteiger partial charge in [-0.15, -0.1) is 11.3 Å². The van der Waals surface area contributed by atoms with Crippen LogP contribution >= 0.6 is 11.3 Å². The predicted octanol–water partition coefficient (Wildman–Crippen LogP) is 4.49. The van der Waals surface area contributed by atoms with Crippen LogP contribution in [0.2, 0.25) is 0 Å². The van der Waals surface area contributed by atoms with E-state index in [1.165, 1.54) is 18.3 Å². The standard InChI is InChI=1S/C24H31N5O2S/c1-15(2)13-29-17(4)21(16(3)28-29)10-11-23(31)27-24-26-22(14-32-24)20-8-6-19(7-9-20)12-25-18(5)30/h6-9,14-15H,10-13H2,1-5H3,(H,25,30)(H,26,27,31). The summed E-state index contributed by atoms with van der Waals surface area (Å²) in [5.41, 5.74) is 6.10. The zero-order chi connectivity index (χ0) is 23.3. The van der Waals surface area contributed by atoms with Crippen LogP contribution in [0.25, 0.3) is 11.3 Å². The first-order valence-electron chi connectivity index (χ1n) is 10.8. The average Bonchev–Trinajstić information content (AvgIpc) is 3.29. The van der Waals surface area contributed by atoms with E-state index < -0.39 is 0 Å². The lowest BCUT2D eigenvalue weighted by molar-refractivity contribution is -0.119. The number of benzene rings is 1. The van der Waals surface area contributed by atoms with Crippen molar-refractivity contribution in [1.82, 2.24) is 20.1 Å². The lowest BCUT2D eigenvalue weighted by Crippen LogP contribution is -2.18. The number of carbonyl (C=O) groups is 2. The summed E-state index contributed by atoms with van der Waals surface area (Å²) in [5.74, 6) is 0.423. The molecule has 7 nitrogen and oxygen atoms in total. The fourth-order valence-electron chi connectivity index (χ4n) is 3.52. The van der Waals surface area contributed by atoms with Gasteiger partial charge in [-0.2, -0.15) is 5.10 Å². The highest BCUT2D eigenvalue weighted by atomic mass is 32.1. The van der Waals surface area contributed by atoms with Crippen molar-refractivity contribution < 1.29 is 9.59 Å². The van der Waals surface area contributed by atoms with Crippen LogP contribution in [0.1, 0.15) is 49.7 Å². The molecule has 0 saturated carbocycles. The summed E-state index contributed by atoms with van der Waals surface area (Å²) in [5, 5.41) is 12.9. The van der Waals surface area contributed by atoms with Crippen LogP contribution in [0, 0.1) is 19.8 Å². The molecular weight excluding hydrogens is 422 g/mol. The van der Waals surface area contributed by atoms with E-state index in [1.54, 1.807) is 0 Å². The van der Waals surface area contributed by atoms with Gasteiger partial charge in [0.2, 0.25) is 11.8 Å². The molecule has 2 N–H and O–H groups in total. The molecule has 170 valence electrons. The molecule has 32 heavy (non-hydrogen) atoms. The summed E-state index contributed by atoms with van der Waals surface area (Å²) < 4.78 is 2.04. The third-order valence-corrected chi connectivity index (χ3v) is 5.97. The number of nitrogens with zero attached hydrogens (tertiary/aromatic N) is 3. The largest absolute Gasteiger partial charge is 0.352 e. The number of aromatic nitrogens is 3. The van der Waals surface area contributed by atoms with Crippen molar-refractivity contribution in [2.24, 2.45) is 5.92 Å². The molecule has 0 radical (unpaired) electrons. The summed E-state index contributed by atoms with van der Waals surface area (Å²) in [7, 11) is 0. The van der Waals surface area contributed by atoms with Gasteiger partial charge in [-0.25, -0.2) is 4.98 Å². The molecule has 2 heterocycles. The smallest absolute Gasteiger partial charge is 0.226 e. The number of rotatable bonds is 9. The van der Waals surface area contributed by atoms with E-state index in [9.17, 15) is 9.59 Å². The summed E-state index contributed by atoms with van der Waals surface area (Å²) in [6.45, 7) is 11.3. The maximum absolute atomic E-state index is 12.5. The topological polar surface area (TPSA) is 88.9 Å². The second kappa shape index (κ2) is 10.5. The first-order chi connectivity index (χ1) is 15.2. The fraction of sp³-hybridized carbons (Fsp3) is 0.417. The second-order valence-electron chi connectivity index (χ2n) is 8.42. The molecule has 0 spiro atoms. The van der Waals surface area contributed by atoms with Gasteiger partial charge in [0.05, 0.1) is 11.4 Å². The van der Waals surface area contributed by atoms with Crippen molar-refractivity contribution in [3.63, 3.8) is 0 Å². The van der Waals surface area contributed by atoms with Gasteiger partial charge >= 0.3 is 0 Å². The van der Waals surface area contributed by atoms with Gasteiger partial charge < -0.3 is 10.6 Å². The van der Waals surface area contributed by atoms with Crippen molar-refractivity contribution >= 4 is 28.3 Å². The number of nitrogens with one attached hydrogen (secondary N) is 2. The monoisotopic (exact) mass is 453 g/mol. The minimum absolute atomic E-state index is 0.0491. The molecule has 0 aliphatic heterocycles. The number of anilines is 1. The molecule has 3 aromatic rings. The van der Waals surface area contributed by atoms with E-state index in [0.29, 0.717) is 30.4 Å². The third kappa shape index (κ3) is 6.26. The molecule has 0 aliphatic carbocycles. The first-order valence-corrected chi connectivity index (χ1v) is 11.7. The molecule has 2 amide bonds. The Morgan fingerprint density at radius 2 is 1.88 bits per heavy atom. The Bertz CT molecular complexity index is 1080. The molecule has 2 aromatic heterocycles. The highest BCUT2D eigenvalue weighted by Crippen LogP contribution is 2.25. The van der Waals surface area contributed by atoms with Crippen LogP contribution in [0.4, 0.5) is 5.13 Å². The van der Waals surface area contributed by atoms with Gasteiger partial charge in [0, 0.05) is 43.1 Å². The number of carbonyl (C=O) groups excluding carboxylic acids is 2. The van der Waals surface area contributed by atoms with Gasteiger partial charge in [-0.3, -0.25) is 14.3 Å². The van der Waals surface area contributed by atoms with E-state index in [4.69, 9.17) is 0 Å². The van der Waals surface area contributed by atoms with Crippen LogP contribution in [-0.2, 0) is 29.1 Å². The van der Waals surface area contributed by atoms with Crippen LogP contribution in [0.15, 0.2) is 29.6 Å². The lowest BCUT2D eigenvalue weighted by Gasteiger charge is -2.08. The van der Waals surface area contributed by atoms with Gasteiger partial charge in [-0.05, 0) is 37.3 Å². The average molecular weight is 454 g/mol. The highest BCUT2D eigenvalue weighted by molar-refractivity contribution is 7.14. The summed E-state index contributed by atoms with van der Waals surface area (Å²) in [6.07, 6.45) is 1.05. The third-order valence-electron chi connectivity index (χ3n) is 5.21. The van der Waals surface area contributed by atoms with Gasteiger partial charge in [0.25, 0.3) is 0 Å². The molecule has 0 aliphatic rings. The Labute approximate surface area is 193 Å². The minimum atomic E-state index is -0.0522. The summed E-state index contributed by atoms with van der Waals surface area (Å²) >= 11 is 1.41. The van der Waals surface area contributed by atoms with Crippen LogP contribution in [0.5, 0.6) is 0 Å². The zero-order valence-electron chi connectivity index (χ0n) is 19.4. The van der Waals surface area contributed by atoms with Crippen LogP contribution < -0.4 is 10.6 Å². The maximum atomic E-state index is 12.5.